The predicted octanol–water partition coefficient (Wildman–Crippen LogP) is 0.489. The zero-order valence-electron chi connectivity index (χ0n) is 11.0. The van der Waals surface area contributed by atoms with Crippen LogP contribution >= 0.6 is 0 Å². The van der Waals surface area contributed by atoms with Crippen LogP contribution in [0.4, 0.5) is 0 Å². The van der Waals surface area contributed by atoms with Crippen molar-refractivity contribution in [1.82, 2.24) is 16.0 Å². The first kappa shape index (κ1) is 12.8. The van der Waals surface area contributed by atoms with E-state index in [0.29, 0.717) is 12.0 Å². The van der Waals surface area contributed by atoms with Crippen LogP contribution in [-0.4, -0.2) is 37.6 Å². The van der Waals surface area contributed by atoms with Crippen LogP contribution in [0.3, 0.4) is 0 Å². The summed E-state index contributed by atoms with van der Waals surface area (Å²) in [5.74, 6) is 1.70. The molecule has 0 radical (unpaired) electrons. The molecule has 1 aliphatic carbocycles. The van der Waals surface area contributed by atoms with Crippen LogP contribution in [0.5, 0.6) is 0 Å². The lowest BCUT2D eigenvalue weighted by Gasteiger charge is -2.28. The molecule has 2 aliphatic rings. The summed E-state index contributed by atoms with van der Waals surface area (Å²) in [5.41, 5.74) is 0. The van der Waals surface area contributed by atoms with Gasteiger partial charge in [0.25, 0.3) is 0 Å². The lowest BCUT2D eigenvalue weighted by Crippen LogP contribution is -2.59. The molecule has 2 fully saturated rings. The van der Waals surface area contributed by atoms with Crippen molar-refractivity contribution in [3.63, 3.8) is 0 Å². The van der Waals surface area contributed by atoms with E-state index < -0.39 is 0 Å². The standard InChI is InChI=1S/C13H25N3O/c1-9-3-4-11(5-9)7-16-13(17)12-8-14-10(2)6-15-12/h9-12,14-15H,3-8H2,1-2H3,(H,16,17). The molecule has 4 nitrogen and oxygen atoms in total. The Morgan fingerprint density at radius 3 is 2.65 bits per heavy atom. The third-order valence-electron chi connectivity index (χ3n) is 4.03. The summed E-state index contributed by atoms with van der Waals surface area (Å²) in [4.78, 5) is 11.9. The number of rotatable bonds is 3. The Morgan fingerprint density at radius 2 is 2.06 bits per heavy atom. The molecular formula is C13H25N3O. The molecule has 1 saturated heterocycles. The zero-order chi connectivity index (χ0) is 12.3. The molecule has 1 amide bonds. The molecule has 1 heterocycles. The van der Waals surface area contributed by atoms with Crippen LogP contribution in [0.2, 0.25) is 0 Å². The first-order chi connectivity index (χ1) is 8.15. The Bertz CT molecular complexity index is 261. The van der Waals surface area contributed by atoms with Crippen LogP contribution in [0, 0.1) is 11.8 Å². The van der Waals surface area contributed by atoms with Gasteiger partial charge in [0, 0.05) is 25.7 Å². The van der Waals surface area contributed by atoms with Gasteiger partial charge in [-0.05, 0) is 31.6 Å². The first-order valence-corrected chi connectivity index (χ1v) is 6.89. The van der Waals surface area contributed by atoms with Crippen molar-refractivity contribution in [2.75, 3.05) is 19.6 Å². The summed E-state index contributed by atoms with van der Waals surface area (Å²) < 4.78 is 0. The molecule has 0 aromatic heterocycles. The molecule has 1 aliphatic heterocycles. The van der Waals surface area contributed by atoms with Crippen molar-refractivity contribution < 1.29 is 4.79 Å². The molecular weight excluding hydrogens is 214 g/mol. The van der Waals surface area contributed by atoms with Gasteiger partial charge in [-0.3, -0.25) is 4.79 Å². The van der Waals surface area contributed by atoms with E-state index in [1.165, 1.54) is 19.3 Å². The maximum absolute atomic E-state index is 11.9. The van der Waals surface area contributed by atoms with Gasteiger partial charge in [-0.25, -0.2) is 0 Å². The zero-order valence-corrected chi connectivity index (χ0v) is 11.0. The van der Waals surface area contributed by atoms with E-state index in [9.17, 15) is 4.79 Å². The number of carbonyl (C=O) groups is 1. The van der Waals surface area contributed by atoms with Gasteiger partial charge in [0.05, 0.1) is 6.04 Å². The molecule has 4 atom stereocenters. The second-order valence-corrected chi connectivity index (χ2v) is 5.80. The van der Waals surface area contributed by atoms with E-state index >= 15 is 0 Å². The number of hydrogen-bond donors (Lipinski definition) is 3. The molecule has 1 saturated carbocycles. The molecule has 4 heteroatoms. The first-order valence-electron chi connectivity index (χ1n) is 6.89. The highest BCUT2D eigenvalue weighted by Gasteiger charge is 2.25. The third kappa shape index (κ3) is 3.68. The Labute approximate surface area is 104 Å². The van der Waals surface area contributed by atoms with Crippen molar-refractivity contribution in [3.05, 3.63) is 0 Å². The Kier molecular flexibility index (Phi) is 4.40. The van der Waals surface area contributed by atoms with Gasteiger partial charge in [-0.1, -0.05) is 13.3 Å². The van der Waals surface area contributed by atoms with E-state index in [1.807, 2.05) is 0 Å². The van der Waals surface area contributed by atoms with Crippen LogP contribution in [0.25, 0.3) is 0 Å². The highest BCUT2D eigenvalue weighted by atomic mass is 16.2. The lowest BCUT2D eigenvalue weighted by atomic mass is 10.1. The summed E-state index contributed by atoms with van der Waals surface area (Å²) in [6.45, 7) is 6.90. The van der Waals surface area contributed by atoms with Crippen molar-refractivity contribution in [2.45, 2.75) is 45.2 Å². The number of amides is 1. The lowest BCUT2D eigenvalue weighted by molar-refractivity contribution is -0.123. The molecule has 98 valence electrons. The Hall–Kier alpha value is -0.610. The Morgan fingerprint density at radius 1 is 1.24 bits per heavy atom. The second-order valence-electron chi connectivity index (χ2n) is 5.80. The van der Waals surface area contributed by atoms with Gasteiger partial charge < -0.3 is 16.0 Å². The molecule has 0 spiro atoms. The van der Waals surface area contributed by atoms with Gasteiger partial charge >= 0.3 is 0 Å². The van der Waals surface area contributed by atoms with Crippen LogP contribution < -0.4 is 16.0 Å². The molecule has 0 aromatic rings. The summed E-state index contributed by atoms with van der Waals surface area (Å²) >= 11 is 0. The van der Waals surface area contributed by atoms with E-state index in [2.05, 4.69) is 29.8 Å². The second kappa shape index (κ2) is 5.83. The summed E-state index contributed by atoms with van der Waals surface area (Å²) in [5, 5.41) is 9.69. The SMILES string of the molecule is CC1CCC(CNC(=O)C2CNC(C)CN2)C1. The number of hydrogen-bond acceptors (Lipinski definition) is 3. The van der Waals surface area contributed by atoms with E-state index in [1.54, 1.807) is 0 Å². The predicted molar refractivity (Wildman–Crippen MR) is 68.8 cm³/mol. The summed E-state index contributed by atoms with van der Waals surface area (Å²) in [6.07, 6.45) is 3.86. The third-order valence-corrected chi connectivity index (χ3v) is 4.03. The quantitative estimate of drug-likeness (QED) is 0.672. The average molecular weight is 239 g/mol. The maximum atomic E-state index is 11.9. The average Bonchev–Trinajstić information content (AvgIpc) is 2.73. The summed E-state index contributed by atoms with van der Waals surface area (Å²) in [6, 6.07) is 0.416. The van der Waals surface area contributed by atoms with E-state index in [4.69, 9.17) is 0 Å². The van der Waals surface area contributed by atoms with E-state index in [-0.39, 0.29) is 11.9 Å². The van der Waals surface area contributed by atoms with Crippen molar-refractivity contribution in [2.24, 2.45) is 11.8 Å². The van der Waals surface area contributed by atoms with Crippen LogP contribution in [0.1, 0.15) is 33.1 Å². The monoisotopic (exact) mass is 239 g/mol. The minimum atomic E-state index is -0.0509. The van der Waals surface area contributed by atoms with Gasteiger partial charge in [-0.2, -0.15) is 0 Å². The smallest absolute Gasteiger partial charge is 0.238 e. The highest BCUT2D eigenvalue weighted by Crippen LogP contribution is 2.29. The molecule has 17 heavy (non-hydrogen) atoms. The normalized spacial score (nSPS) is 38.0. The van der Waals surface area contributed by atoms with Crippen LogP contribution in [-0.2, 0) is 4.79 Å². The number of nitrogens with one attached hydrogen (secondary N) is 3. The minimum absolute atomic E-state index is 0.0509. The maximum Gasteiger partial charge on any atom is 0.238 e. The van der Waals surface area contributed by atoms with E-state index in [0.717, 1.165) is 25.6 Å². The van der Waals surface area contributed by atoms with Gasteiger partial charge in [-0.15, -0.1) is 0 Å². The number of carbonyl (C=O) groups excluding carboxylic acids is 1. The van der Waals surface area contributed by atoms with Crippen molar-refractivity contribution >= 4 is 5.91 Å². The van der Waals surface area contributed by atoms with Crippen LogP contribution in [0.15, 0.2) is 0 Å². The molecule has 0 aromatic carbocycles. The van der Waals surface area contributed by atoms with Gasteiger partial charge in [0.15, 0.2) is 0 Å². The minimum Gasteiger partial charge on any atom is -0.354 e. The van der Waals surface area contributed by atoms with Gasteiger partial charge in [0.2, 0.25) is 5.91 Å². The fourth-order valence-electron chi connectivity index (χ4n) is 2.85. The van der Waals surface area contributed by atoms with Crippen molar-refractivity contribution in [1.29, 1.82) is 0 Å². The fourth-order valence-corrected chi connectivity index (χ4v) is 2.85. The Balaban J connectivity index is 1.67. The molecule has 3 N–H and O–H groups in total. The topological polar surface area (TPSA) is 53.2 Å². The highest BCUT2D eigenvalue weighted by molar-refractivity contribution is 5.82. The fraction of sp³-hybridized carbons (Fsp3) is 0.923. The van der Waals surface area contributed by atoms with Crippen molar-refractivity contribution in [3.8, 4) is 0 Å². The number of piperazine rings is 1. The molecule has 0 bridgehead atoms. The van der Waals surface area contributed by atoms with Gasteiger partial charge in [0.1, 0.15) is 0 Å². The summed E-state index contributed by atoms with van der Waals surface area (Å²) in [7, 11) is 0. The molecule has 2 rings (SSSR count). The molecule has 4 unspecified atom stereocenters. The largest absolute Gasteiger partial charge is 0.354 e.